The third-order valence-electron chi connectivity index (χ3n) is 2.52. The van der Waals surface area contributed by atoms with Crippen LogP contribution in [0.25, 0.3) is 0 Å². The number of hydrogen-bond acceptors (Lipinski definition) is 3. The Morgan fingerprint density at radius 1 is 1.10 bits per heavy atom. The van der Waals surface area contributed by atoms with Crippen LogP contribution >= 0.6 is 15.9 Å². The summed E-state index contributed by atoms with van der Waals surface area (Å²) >= 11 is 3.18. The lowest BCUT2D eigenvalue weighted by molar-refractivity contribution is 0.0944. The minimum Gasteiger partial charge on any atom is -0.273 e. The number of sulfonamides is 1. The van der Waals surface area contributed by atoms with E-state index in [-0.39, 0.29) is 10.5 Å². The third kappa shape index (κ3) is 3.87. The van der Waals surface area contributed by atoms with Crippen molar-refractivity contribution >= 4 is 31.9 Å². The SMILES string of the molecule is O=C(NNS(=O)(=O)c1cccc(F)c1)c1ccccc1Br. The molecule has 0 saturated carbocycles. The highest BCUT2D eigenvalue weighted by atomic mass is 79.9. The first-order chi connectivity index (χ1) is 9.90. The normalized spacial score (nSPS) is 11.1. The Morgan fingerprint density at radius 2 is 1.81 bits per heavy atom. The molecule has 0 aliphatic carbocycles. The van der Waals surface area contributed by atoms with Crippen LogP contribution in [0.1, 0.15) is 10.4 Å². The van der Waals surface area contributed by atoms with Gasteiger partial charge >= 0.3 is 0 Å². The molecule has 0 aliphatic rings. The van der Waals surface area contributed by atoms with Crippen molar-refractivity contribution in [3.63, 3.8) is 0 Å². The Bertz CT molecular complexity index is 780. The fraction of sp³-hybridized carbons (Fsp3) is 0. The average Bonchev–Trinajstić information content (AvgIpc) is 2.45. The van der Waals surface area contributed by atoms with Gasteiger partial charge in [0, 0.05) is 4.47 Å². The minimum absolute atomic E-state index is 0.263. The summed E-state index contributed by atoms with van der Waals surface area (Å²) in [4.78, 5) is 13.5. The standard InChI is InChI=1S/C13H10BrFN2O3S/c14-12-7-2-1-6-11(12)13(18)16-17-21(19,20)10-5-3-4-9(15)8-10/h1-8,17H,(H,16,18). The zero-order valence-electron chi connectivity index (χ0n) is 10.5. The Kier molecular flexibility index (Phi) is 4.71. The van der Waals surface area contributed by atoms with Crippen LogP contribution in [0, 0.1) is 5.82 Å². The van der Waals surface area contributed by atoms with Gasteiger partial charge in [0.2, 0.25) is 0 Å². The van der Waals surface area contributed by atoms with E-state index in [4.69, 9.17) is 0 Å². The van der Waals surface area contributed by atoms with Gasteiger partial charge in [-0.15, -0.1) is 4.83 Å². The van der Waals surface area contributed by atoms with Gasteiger partial charge in [0.15, 0.2) is 0 Å². The lowest BCUT2D eigenvalue weighted by atomic mass is 10.2. The average molecular weight is 373 g/mol. The van der Waals surface area contributed by atoms with Crippen molar-refractivity contribution in [2.75, 3.05) is 0 Å². The van der Waals surface area contributed by atoms with Crippen molar-refractivity contribution in [3.8, 4) is 0 Å². The molecule has 1 amide bonds. The van der Waals surface area contributed by atoms with Crippen LogP contribution in [-0.2, 0) is 10.0 Å². The molecule has 110 valence electrons. The Labute approximate surface area is 129 Å². The van der Waals surface area contributed by atoms with E-state index < -0.39 is 21.7 Å². The predicted molar refractivity (Wildman–Crippen MR) is 78.3 cm³/mol. The molecule has 0 aromatic heterocycles. The van der Waals surface area contributed by atoms with E-state index in [1.54, 1.807) is 18.2 Å². The number of halogens is 2. The summed E-state index contributed by atoms with van der Waals surface area (Å²) in [6, 6.07) is 11.0. The zero-order valence-corrected chi connectivity index (χ0v) is 12.9. The second-order valence-corrected chi connectivity index (χ2v) is 6.53. The van der Waals surface area contributed by atoms with Crippen LogP contribution < -0.4 is 10.3 Å². The van der Waals surface area contributed by atoms with Crippen LogP contribution in [0.15, 0.2) is 57.9 Å². The number of nitrogens with one attached hydrogen (secondary N) is 2. The van der Waals surface area contributed by atoms with Gasteiger partial charge in [-0.2, -0.15) is 0 Å². The molecule has 0 aliphatic heterocycles. The molecule has 2 aromatic rings. The van der Waals surface area contributed by atoms with Gasteiger partial charge in [-0.3, -0.25) is 10.2 Å². The van der Waals surface area contributed by atoms with Gasteiger partial charge < -0.3 is 0 Å². The molecule has 0 atom stereocenters. The molecule has 0 heterocycles. The summed E-state index contributed by atoms with van der Waals surface area (Å²) < 4.78 is 37.4. The molecule has 0 bridgehead atoms. The molecule has 21 heavy (non-hydrogen) atoms. The van der Waals surface area contributed by atoms with Crippen molar-refractivity contribution < 1.29 is 17.6 Å². The van der Waals surface area contributed by atoms with E-state index in [1.807, 2.05) is 4.83 Å². The topological polar surface area (TPSA) is 75.3 Å². The van der Waals surface area contributed by atoms with Crippen LogP contribution in [0.4, 0.5) is 4.39 Å². The first-order valence-electron chi connectivity index (χ1n) is 5.72. The molecule has 0 unspecified atom stereocenters. The number of rotatable bonds is 4. The molecule has 0 spiro atoms. The molecular formula is C13H10BrFN2O3S. The molecule has 0 fully saturated rings. The fourth-order valence-corrected chi connectivity index (χ4v) is 2.85. The highest BCUT2D eigenvalue weighted by Crippen LogP contribution is 2.15. The number of hydrogen-bond donors (Lipinski definition) is 2. The quantitative estimate of drug-likeness (QED) is 0.807. The number of benzene rings is 2. The highest BCUT2D eigenvalue weighted by molar-refractivity contribution is 9.10. The second-order valence-electron chi connectivity index (χ2n) is 4.00. The van der Waals surface area contributed by atoms with E-state index >= 15 is 0 Å². The molecular weight excluding hydrogens is 363 g/mol. The summed E-state index contributed by atoms with van der Waals surface area (Å²) in [6.07, 6.45) is 0. The number of amides is 1. The van der Waals surface area contributed by atoms with Gasteiger partial charge in [-0.1, -0.05) is 18.2 Å². The third-order valence-corrected chi connectivity index (χ3v) is 4.46. The Hall–Kier alpha value is -1.77. The van der Waals surface area contributed by atoms with Crippen molar-refractivity contribution in [3.05, 3.63) is 64.4 Å². The molecule has 0 saturated heterocycles. The molecule has 2 N–H and O–H groups in total. The summed E-state index contributed by atoms with van der Waals surface area (Å²) in [7, 11) is -4.04. The highest BCUT2D eigenvalue weighted by Gasteiger charge is 2.17. The van der Waals surface area contributed by atoms with Gasteiger partial charge in [-0.25, -0.2) is 12.8 Å². The summed E-state index contributed by atoms with van der Waals surface area (Å²) in [5.41, 5.74) is 2.33. The Balaban J connectivity index is 2.12. The van der Waals surface area contributed by atoms with E-state index in [2.05, 4.69) is 21.4 Å². The summed E-state index contributed by atoms with van der Waals surface area (Å²) in [6.45, 7) is 0. The summed E-state index contributed by atoms with van der Waals surface area (Å²) in [5.74, 6) is -1.32. The van der Waals surface area contributed by atoms with Crippen LogP contribution in [0.5, 0.6) is 0 Å². The van der Waals surface area contributed by atoms with E-state index in [9.17, 15) is 17.6 Å². The molecule has 0 radical (unpaired) electrons. The van der Waals surface area contributed by atoms with Crippen LogP contribution in [-0.4, -0.2) is 14.3 Å². The monoisotopic (exact) mass is 372 g/mol. The smallest absolute Gasteiger partial charge is 0.267 e. The van der Waals surface area contributed by atoms with Gasteiger partial charge in [0.25, 0.3) is 15.9 Å². The van der Waals surface area contributed by atoms with Crippen molar-refractivity contribution in [1.29, 1.82) is 0 Å². The maximum Gasteiger partial charge on any atom is 0.267 e. The largest absolute Gasteiger partial charge is 0.273 e. The van der Waals surface area contributed by atoms with E-state index in [0.717, 1.165) is 12.1 Å². The predicted octanol–water partition coefficient (Wildman–Crippen LogP) is 2.21. The molecule has 8 heteroatoms. The van der Waals surface area contributed by atoms with Crippen molar-refractivity contribution in [1.82, 2.24) is 10.3 Å². The number of carbonyl (C=O) groups is 1. The first-order valence-corrected chi connectivity index (χ1v) is 8.00. The maximum atomic E-state index is 13.0. The number of carbonyl (C=O) groups excluding carboxylic acids is 1. The fourth-order valence-electron chi connectivity index (χ4n) is 1.52. The van der Waals surface area contributed by atoms with E-state index in [1.165, 1.54) is 18.2 Å². The van der Waals surface area contributed by atoms with Gasteiger partial charge in [0.05, 0.1) is 10.5 Å². The molecule has 2 rings (SSSR count). The molecule has 2 aromatic carbocycles. The Morgan fingerprint density at radius 3 is 2.48 bits per heavy atom. The first kappa shape index (κ1) is 15.6. The summed E-state index contributed by atoms with van der Waals surface area (Å²) in [5, 5.41) is 0. The maximum absolute atomic E-state index is 13.0. The van der Waals surface area contributed by atoms with Gasteiger partial charge in [-0.05, 0) is 46.3 Å². The zero-order chi connectivity index (χ0) is 15.5. The van der Waals surface area contributed by atoms with Crippen molar-refractivity contribution in [2.24, 2.45) is 0 Å². The van der Waals surface area contributed by atoms with Gasteiger partial charge in [0.1, 0.15) is 5.82 Å². The second kappa shape index (κ2) is 6.33. The van der Waals surface area contributed by atoms with Crippen LogP contribution in [0.2, 0.25) is 0 Å². The van der Waals surface area contributed by atoms with Crippen LogP contribution in [0.3, 0.4) is 0 Å². The lowest BCUT2D eigenvalue weighted by Gasteiger charge is -2.09. The lowest BCUT2D eigenvalue weighted by Crippen LogP contribution is -2.41. The number of hydrazine groups is 1. The molecule has 5 nitrogen and oxygen atoms in total. The van der Waals surface area contributed by atoms with Crippen molar-refractivity contribution in [2.45, 2.75) is 4.90 Å². The van der Waals surface area contributed by atoms with E-state index in [0.29, 0.717) is 4.47 Å². The minimum atomic E-state index is -4.04.